The van der Waals surface area contributed by atoms with E-state index in [1.807, 2.05) is 53.2 Å². The lowest BCUT2D eigenvalue weighted by atomic mass is 10.0. The van der Waals surface area contributed by atoms with E-state index in [9.17, 15) is 8.78 Å². The lowest BCUT2D eigenvalue weighted by Crippen LogP contribution is -2.14. The number of nitrogens with two attached hydrogens (primary N) is 1. The van der Waals surface area contributed by atoms with Crippen LogP contribution in [0.25, 0.3) is 22.0 Å². The van der Waals surface area contributed by atoms with Gasteiger partial charge in [0, 0.05) is 65.7 Å². The van der Waals surface area contributed by atoms with Gasteiger partial charge in [-0.3, -0.25) is 8.78 Å². The van der Waals surface area contributed by atoms with Crippen molar-refractivity contribution < 1.29 is 8.78 Å². The predicted molar refractivity (Wildman–Crippen MR) is 129 cm³/mol. The Morgan fingerprint density at radius 1 is 1.19 bits per heavy atom. The predicted octanol–water partition coefficient (Wildman–Crippen LogP) is 4.88. The van der Waals surface area contributed by atoms with Crippen LogP contribution in [0.15, 0.2) is 61.2 Å². The Morgan fingerprint density at radius 2 is 2.03 bits per heavy atom. The Morgan fingerprint density at radius 3 is 2.75 bits per heavy atom. The molecule has 0 fully saturated rings. The molecule has 0 unspecified atom stereocenters. The molecule has 5 nitrogen and oxygen atoms in total. The van der Waals surface area contributed by atoms with Crippen molar-refractivity contribution in [3.05, 3.63) is 72.4 Å². The summed E-state index contributed by atoms with van der Waals surface area (Å²) >= 11 is 5.12. The Balaban J connectivity index is 1.69. The molecular formula is C24H25F2N5S. The van der Waals surface area contributed by atoms with Gasteiger partial charge >= 0.3 is 0 Å². The fourth-order valence-electron chi connectivity index (χ4n) is 3.80. The maximum atomic E-state index is 13.3. The second-order valence-electron chi connectivity index (χ2n) is 7.80. The number of anilines is 1. The Kier molecular flexibility index (Phi) is 6.80. The number of fused-ring (bicyclic) bond motifs is 1. The monoisotopic (exact) mass is 453 g/mol. The van der Waals surface area contributed by atoms with Crippen LogP contribution in [-0.4, -0.2) is 39.4 Å². The number of alkyl halides is 2. The van der Waals surface area contributed by atoms with Gasteiger partial charge in [0.1, 0.15) is 4.99 Å². The number of rotatable bonds is 10. The van der Waals surface area contributed by atoms with Crippen LogP contribution in [0.3, 0.4) is 0 Å². The first-order valence-electron chi connectivity index (χ1n) is 10.4. The zero-order chi connectivity index (χ0) is 22.5. The van der Waals surface area contributed by atoms with Crippen LogP contribution in [-0.2, 0) is 13.0 Å². The number of imidazole rings is 1. The highest BCUT2D eigenvalue weighted by atomic mass is 32.1. The Labute approximate surface area is 190 Å². The van der Waals surface area contributed by atoms with Crippen molar-refractivity contribution in [3.8, 4) is 11.1 Å². The molecule has 0 saturated heterocycles. The number of H-pyrrole nitrogens is 1. The summed E-state index contributed by atoms with van der Waals surface area (Å²) in [7, 11) is 0. The topological polar surface area (TPSA) is 71.7 Å². The molecule has 0 saturated carbocycles. The first kappa shape index (κ1) is 22.0. The molecule has 0 bridgehead atoms. The second kappa shape index (κ2) is 9.91. The van der Waals surface area contributed by atoms with Crippen LogP contribution in [0.2, 0.25) is 0 Å². The summed E-state index contributed by atoms with van der Waals surface area (Å²) in [5.74, 6) is -0.682. The molecule has 2 aromatic carbocycles. The minimum absolute atomic E-state index is 0.260. The van der Waals surface area contributed by atoms with E-state index in [0.717, 1.165) is 51.9 Å². The first-order valence-corrected chi connectivity index (χ1v) is 10.9. The highest BCUT2D eigenvalue weighted by Gasteiger charge is 2.16. The van der Waals surface area contributed by atoms with Gasteiger partial charge in [-0.15, -0.1) is 0 Å². The smallest absolute Gasteiger partial charge is 0.104 e. The van der Waals surface area contributed by atoms with Crippen molar-refractivity contribution in [3.63, 3.8) is 0 Å². The summed E-state index contributed by atoms with van der Waals surface area (Å²) in [5.41, 5.74) is 11.4. The second-order valence-corrected chi connectivity index (χ2v) is 8.24. The lowest BCUT2D eigenvalue weighted by molar-refractivity contribution is 0.265. The van der Waals surface area contributed by atoms with Crippen LogP contribution < -0.4 is 11.1 Å². The van der Waals surface area contributed by atoms with E-state index >= 15 is 0 Å². The molecule has 0 aliphatic carbocycles. The van der Waals surface area contributed by atoms with E-state index in [-0.39, 0.29) is 6.54 Å². The highest BCUT2D eigenvalue weighted by Crippen LogP contribution is 2.33. The molecule has 0 atom stereocenters. The fourth-order valence-corrected chi connectivity index (χ4v) is 3.93. The fraction of sp³-hybridized carbons (Fsp3) is 0.250. The van der Waals surface area contributed by atoms with Crippen molar-refractivity contribution in [1.82, 2.24) is 14.5 Å². The average Bonchev–Trinajstić information content (AvgIpc) is 3.45. The van der Waals surface area contributed by atoms with E-state index in [2.05, 4.69) is 15.3 Å². The maximum absolute atomic E-state index is 13.3. The molecule has 166 valence electrons. The van der Waals surface area contributed by atoms with Gasteiger partial charge in [-0.25, -0.2) is 4.98 Å². The number of thiocarbonyl (C=S) groups is 1. The molecule has 0 radical (unpaired) electrons. The SMILES string of the molecule is NC(=S)c1cccc(-c2cn(CC(CF)CF)c3cc(NCCc4cnc[nH]4)ccc23)c1. The minimum Gasteiger partial charge on any atom is -0.389 e. The summed E-state index contributed by atoms with van der Waals surface area (Å²) in [6, 6.07) is 13.8. The molecule has 4 aromatic rings. The van der Waals surface area contributed by atoms with E-state index in [0.29, 0.717) is 4.99 Å². The highest BCUT2D eigenvalue weighted by molar-refractivity contribution is 7.80. The quantitative estimate of drug-likeness (QED) is 0.300. The molecule has 0 spiro atoms. The lowest BCUT2D eigenvalue weighted by Gasteiger charge is -2.12. The minimum atomic E-state index is -0.704. The first-order chi connectivity index (χ1) is 15.6. The van der Waals surface area contributed by atoms with Crippen molar-refractivity contribution >= 4 is 33.8 Å². The van der Waals surface area contributed by atoms with E-state index in [4.69, 9.17) is 18.0 Å². The molecular weight excluding hydrogens is 428 g/mol. The summed E-state index contributed by atoms with van der Waals surface area (Å²) in [5, 5.41) is 4.41. The van der Waals surface area contributed by atoms with Gasteiger partial charge in [-0.1, -0.05) is 36.5 Å². The molecule has 4 N–H and O–H groups in total. The van der Waals surface area contributed by atoms with Crippen molar-refractivity contribution in [2.45, 2.75) is 13.0 Å². The zero-order valence-electron chi connectivity index (χ0n) is 17.5. The van der Waals surface area contributed by atoms with E-state index in [1.165, 1.54) is 0 Å². The molecule has 0 aliphatic heterocycles. The van der Waals surface area contributed by atoms with Gasteiger partial charge in [0.15, 0.2) is 0 Å². The van der Waals surface area contributed by atoms with Gasteiger partial charge in [-0.2, -0.15) is 0 Å². The van der Waals surface area contributed by atoms with Crippen LogP contribution in [0, 0.1) is 5.92 Å². The van der Waals surface area contributed by atoms with Gasteiger partial charge < -0.3 is 20.6 Å². The summed E-state index contributed by atoms with van der Waals surface area (Å²) in [6.45, 7) is -0.417. The summed E-state index contributed by atoms with van der Waals surface area (Å²) < 4.78 is 28.5. The van der Waals surface area contributed by atoms with E-state index in [1.54, 1.807) is 12.5 Å². The number of nitrogens with zero attached hydrogens (tertiary/aromatic N) is 2. The number of aromatic nitrogens is 3. The largest absolute Gasteiger partial charge is 0.389 e. The molecule has 4 rings (SSSR count). The average molecular weight is 454 g/mol. The molecule has 2 heterocycles. The van der Waals surface area contributed by atoms with Gasteiger partial charge in [-0.05, 0) is 23.8 Å². The molecule has 8 heteroatoms. The van der Waals surface area contributed by atoms with Crippen molar-refractivity contribution in [2.24, 2.45) is 11.7 Å². The Hall–Kier alpha value is -3.26. The maximum Gasteiger partial charge on any atom is 0.104 e. The number of aromatic amines is 1. The van der Waals surface area contributed by atoms with Gasteiger partial charge in [0.25, 0.3) is 0 Å². The van der Waals surface area contributed by atoms with Gasteiger partial charge in [0.2, 0.25) is 0 Å². The molecule has 0 amide bonds. The third-order valence-corrected chi connectivity index (χ3v) is 5.75. The number of nitrogens with one attached hydrogen (secondary N) is 2. The van der Waals surface area contributed by atoms with Crippen molar-refractivity contribution in [1.29, 1.82) is 0 Å². The van der Waals surface area contributed by atoms with Crippen LogP contribution in [0.4, 0.5) is 14.5 Å². The van der Waals surface area contributed by atoms with Gasteiger partial charge in [0.05, 0.1) is 25.2 Å². The van der Waals surface area contributed by atoms with Crippen LogP contribution in [0.5, 0.6) is 0 Å². The Bertz CT molecular complexity index is 1200. The zero-order valence-corrected chi connectivity index (χ0v) is 18.3. The molecule has 0 aliphatic rings. The molecule has 2 aromatic heterocycles. The number of hydrogen-bond donors (Lipinski definition) is 3. The third-order valence-electron chi connectivity index (χ3n) is 5.51. The number of hydrogen-bond acceptors (Lipinski definition) is 3. The molecule has 32 heavy (non-hydrogen) atoms. The van der Waals surface area contributed by atoms with E-state index < -0.39 is 19.3 Å². The normalized spacial score (nSPS) is 11.3. The third kappa shape index (κ3) is 4.80. The number of halogens is 2. The van der Waals surface area contributed by atoms with Crippen LogP contribution >= 0.6 is 12.2 Å². The van der Waals surface area contributed by atoms with Crippen molar-refractivity contribution in [2.75, 3.05) is 25.2 Å². The summed E-state index contributed by atoms with van der Waals surface area (Å²) in [6.07, 6.45) is 6.23. The van der Waals surface area contributed by atoms with Crippen LogP contribution in [0.1, 0.15) is 11.3 Å². The summed E-state index contributed by atoms with van der Waals surface area (Å²) in [4.78, 5) is 7.44. The standard InChI is InChI=1S/C24H25F2N5S/c25-10-16(11-26)13-31-14-22(17-2-1-3-18(8-17)24(27)32)21-5-4-19(9-23(21)31)29-7-6-20-12-28-15-30-20/h1-5,8-9,12,14-16,29H,6-7,10-11,13H2,(H2,27,32)(H,28,30). The number of benzene rings is 2.